The molecule has 1 nitrogen and oxygen atoms in total. The van der Waals surface area contributed by atoms with Crippen LogP contribution in [0.15, 0.2) is 30.3 Å². The normalized spacial score (nSPS) is 14.1. The van der Waals surface area contributed by atoms with Gasteiger partial charge in [-0.3, -0.25) is 0 Å². The molecule has 0 saturated heterocycles. The fourth-order valence-corrected chi connectivity index (χ4v) is 1.69. The van der Waals surface area contributed by atoms with E-state index in [1.807, 2.05) is 0 Å². The molecular weight excluding hydrogens is 329 g/mol. The predicted octanol–water partition coefficient (Wildman–Crippen LogP) is 4.94. The van der Waals surface area contributed by atoms with Crippen LogP contribution in [0.3, 0.4) is 0 Å². The van der Waals surface area contributed by atoms with Crippen molar-refractivity contribution in [2.24, 2.45) is 0 Å². The molecule has 0 atom stereocenters. The maximum atomic E-state index is 13.8. The van der Waals surface area contributed by atoms with Crippen LogP contribution < -0.4 is 4.90 Å². The summed E-state index contributed by atoms with van der Waals surface area (Å²) in [5.74, 6) is -13.6. The minimum atomic E-state index is -6.90. The van der Waals surface area contributed by atoms with Gasteiger partial charge < -0.3 is 4.90 Å². The lowest BCUT2D eigenvalue weighted by molar-refractivity contribution is -0.395. The van der Waals surface area contributed by atoms with Crippen LogP contribution in [0.5, 0.6) is 0 Å². The van der Waals surface area contributed by atoms with Crippen LogP contribution >= 0.6 is 0 Å². The summed E-state index contributed by atoms with van der Waals surface area (Å²) in [6, 6.07) is -0.360. The third kappa shape index (κ3) is 2.70. The van der Waals surface area contributed by atoms with Gasteiger partial charge in [-0.2, -0.15) is 39.5 Å². The van der Waals surface area contributed by atoms with Gasteiger partial charge in [0, 0.05) is 12.2 Å². The van der Waals surface area contributed by atoms with Crippen LogP contribution in [0, 0.1) is 0 Å². The van der Waals surface area contributed by atoms with Crippen molar-refractivity contribution in [1.29, 1.82) is 0 Å². The van der Waals surface area contributed by atoms with E-state index in [1.165, 1.54) is 6.07 Å². The average Bonchev–Trinajstić information content (AvgIpc) is 2.38. The Bertz CT molecular complexity index is 495. The monoisotopic (exact) mass is 339 g/mol. The van der Waals surface area contributed by atoms with E-state index in [9.17, 15) is 39.5 Å². The van der Waals surface area contributed by atoms with Crippen LogP contribution in [0.2, 0.25) is 0 Å². The van der Waals surface area contributed by atoms with E-state index in [4.69, 9.17) is 0 Å². The summed E-state index contributed by atoms with van der Waals surface area (Å²) in [5.41, 5.74) is -0.618. The molecule has 0 N–H and O–H groups in total. The third-order valence-electron chi connectivity index (χ3n) is 2.85. The molecule has 0 aliphatic heterocycles. The van der Waals surface area contributed by atoms with Gasteiger partial charge in [0.25, 0.3) is 0 Å². The van der Waals surface area contributed by atoms with Gasteiger partial charge in [0.05, 0.1) is 0 Å². The maximum Gasteiger partial charge on any atom is 0.460 e. The molecule has 0 bridgehead atoms. The smallest absolute Gasteiger partial charge is 0.308 e. The first-order chi connectivity index (χ1) is 9.80. The van der Waals surface area contributed by atoms with Crippen molar-refractivity contribution < 1.29 is 39.5 Å². The van der Waals surface area contributed by atoms with E-state index in [0.29, 0.717) is 0 Å². The first-order valence-electron chi connectivity index (χ1n) is 5.83. The molecule has 0 heterocycles. The number of rotatable bonds is 5. The summed E-state index contributed by atoms with van der Waals surface area (Å²) >= 11 is 0. The molecular formula is C12H10F9N. The molecule has 1 aromatic rings. The lowest BCUT2D eigenvalue weighted by atomic mass is 10.1. The lowest BCUT2D eigenvalue weighted by Crippen LogP contribution is -2.66. The largest absolute Gasteiger partial charge is 0.460 e. The zero-order valence-electron chi connectivity index (χ0n) is 10.9. The topological polar surface area (TPSA) is 3.24 Å². The summed E-state index contributed by atoms with van der Waals surface area (Å²) in [5, 5.41) is 0. The highest BCUT2D eigenvalue weighted by molar-refractivity contribution is 5.48. The highest BCUT2D eigenvalue weighted by atomic mass is 19.4. The molecule has 0 aliphatic carbocycles. The summed E-state index contributed by atoms with van der Waals surface area (Å²) in [6.45, 7) is 0.00324. The fraction of sp³-hybridized carbons (Fsp3) is 0.500. The molecule has 126 valence electrons. The second kappa shape index (κ2) is 5.54. The van der Waals surface area contributed by atoms with E-state index in [0.717, 1.165) is 31.2 Å². The van der Waals surface area contributed by atoms with Gasteiger partial charge in [0.2, 0.25) is 0 Å². The van der Waals surface area contributed by atoms with Gasteiger partial charge in [0.1, 0.15) is 0 Å². The van der Waals surface area contributed by atoms with Crippen molar-refractivity contribution in [3.05, 3.63) is 30.3 Å². The Morgan fingerprint density at radius 1 is 0.773 bits per heavy atom. The zero-order chi connectivity index (χ0) is 17.4. The van der Waals surface area contributed by atoms with Crippen LogP contribution in [0.4, 0.5) is 45.2 Å². The Labute approximate surface area is 119 Å². The Hall–Kier alpha value is -1.61. The minimum Gasteiger partial charge on any atom is -0.308 e. The summed E-state index contributed by atoms with van der Waals surface area (Å²) in [6.07, 6.45) is -6.82. The number of alkyl halides is 9. The number of hydrogen-bond donors (Lipinski definition) is 0. The van der Waals surface area contributed by atoms with Gasteiger partial charge in [-0.05, 0) is 19.1 Å². The number of benzene rings is 1. The molecule has 0 amide bonds. The highest BCUT2D eigenvalue weighted by Gasteiger charge is 2.83. The van der Waals surface area contributed by atoms with Crippen molar-refractivity contribution >= 4 is 5.69 Å². The van der Waals surface area contributed by atoms with E-state index in [1.54, 1.807) is 0 Å². The van der Waals surface area contributed by atoms with Gasteiger partial charge >= 0.3 is 24.1 Å². The molecule has 10 heteroatoms. The standard InChI is InChI=1S/C12H10F9N/c1-2-22(8-6-4-3-5-7-8)12(20,21)10(15,16)9(13,14)11(17,18)19/h3-7H,2H2,1H3. The molecule has 0 saturated carbocycles. The van der Waals surface area contributed by atoms with Gasteiger partial charge in [-0.1, -0.05) is 18.2 Å². The molecule has 0 radical (unpaired) electrons. The number of halogens is 9. The summed E-state index contributed by atoms with van der Waals surface area (Å²) < 4.78 is 116. The SMILES string of the molecule is CCN(c1ccccc1)C(F)(F)C(F)(F)C(F)(F)C(F)(F)F. The number of para-hydroxylation sites is 1. The lowest BCUT2D eigenvalue weighted by Gasteiger charge is -2.40. The van der Waals surface area contributed by atoms with Crippen LogP contribution in [0.25, 0.3) is 0 Å². The first-order valence-corrected chi connectivity index (χ1v) is 5.83. The van der Waals surface area contributed by atoms with Crippen molar-refractivity contribution in [1.82, 2.24) is 0 Å². The molecule has 0 spiro atoms. The minimum absolute atomic E-state index is 0.507. The molecule has 1 rings (SSSR count). The van der Waals surface area contributed by atoms with Gasteiger partial charge in [-0.15, -0.1) is 0 Å². The Balaban J connectivity index is 3.36. The second-order valence-electron chi connectivity index (χ2n) is 4.27. The summed E-state index contributed by atoms with van der Waals surface area (Å²) in [7, 11) is 0. The van der Waals surface area contributed by atoms with E-state index < -0.39 is 41.2 Å². The quantitative estimate of drug-likeness (QED) is 0.543. The van der Waals surface area contributed by atoms with Gasteiger partial charge in [-0.25, -0.2) is 0 Å². The van der Waals surface area contributed by atoms with Crippen LogP contribution in [-0.2, 0) is 0 Å². The molecule has 0 aliphatic rings. The molecule has 0 fully saturated rings. The van der Waals surface area contributed by atoms with Crippen LogP contribution in [-0.4, -0.2) is 30.6 Å². The van der Waals surface area contributed by atoms with E-state index in [2.05, 4.69) is 0 Å². The van der Waals surface area contributed by atoms with Crippen molar-refractivity contribution in [3.8, 4) is 0 Å². The Morgan fingerprint density at radius 2 is 1.23 bits per heavy atom. The zero-order valence-corrected chi connectivity index (χ0v) is 10.9. The van der Waals surface area contributed by atoms with Crippen LogP contribution in [0.1, 0.15) is 6.92 Å². The number of nitrogens with zero attached hydrogens (tertiary/aromatic N) is 1. The Kier molecular flexibility index (Phi) is 4.65. The number of anilines is 1. The summed E-state index contributed by atoms with van der Waals surface area (Å²) in [4.78, 5) is -0.507. The third-order valence-corrected chi connectivity index (χ3v) is 2.85. The first kappa shape index (κ1) is 18.4. The number of hydrogen-bond acceptors (Lipinski definition) is 1. The van der Waals surface area contributed by atoms with E-state index >= 15 is 0 Å². The highest BCUT2D eigenvalue weighted by Crippen LogP contribution is 2.54. The predicted molar refractivity (Wildman–Crippen MR) is 60.4 cm³/mol. The maximum absolute atomic E-state index is 13.8. The van der Waals surface area contributed by atoms with Gasteiger partial charge in [0.15, 0.2) is 0 Å². The van der Waals surface area contributed by atoms with Crippen molar-refractivity contribution in [3.63, 3.8) is 0 Å². The fourth-order valence-electron chi connectivity index (χ4n) is 1.69. The Morgan fingerprint density at radius 3 is 1.59 bits per heavy atom. The van der Waals surface area contributed by atoms with Crippen molar-refractivity contribution in [2.75, 3.05) is 11.4 Å². The van der Waals surface area contributed by atoms with Crippen molar-refractivity contribution in [2.45, 2.75) is 31.0 Å². The second-order valence-corrected chi connectivity index (χ2v) is 4.27. The van der Waals surface area contributed by atoms with E-state index in [-0.39, 0.29) is 0 Å². The molecule has 22 heavy (non-hydrogen) atoms. The molecule has 1 aromatic carbocycles. The molecule has 0 unspecified atom stereocenters. The average molecular weight is 339 g/mol. The molecule has 0 aromatic heterocycles.